The van der Waals surface area contributed by atoms with Crippen molar-refractivity contribution in [2.45, 2.75) is 38.3 Å². The first-order valence-corrected chi connectivity index (χ1v) is 19.0. The Bertz CT molecular complexity index is 1920. The highest BCUT2D eigenvalue weighted by Crippen LogP contribution is 2.34. The van der Waals surface area contributed by atoms with Crippen molar-refractivity contribution in [1.82, 2.24) is 25.7 Å². The maximum atomic E-state index is 13.0. The van der Waals surface area contributed by atoms with Gasteiger partial charge in [0, 0.05) is 60.9 Å². The molecule has 2 saturated heterocycles. The Labute approximate surface area is 329 Å². The molecule has 0 bridgehead atoms. The molecule has 2 fully saturated rings. The van der Waals surface area contributed by atoms with Crippen LogP contribution in [0.2, 0.25) is 0 Å². The number of hydrogen-bond donors (Lipinski definition) is 5. The maximum absolute atomic E-state index is 13.0. The Morgan fingerprint density at radius 2 is 1.54 bits per heavy atom. The van der Waals surface area contributed by atoms with Gasteiger partial charge in [0.25, 0.3) is 5.91 Å². The Morgan fingerprint density at radius 3 is 2.26 bits per heavy atom. The number of ether oxygens (including phenoxy) is 4. The van der Waals surface area contributed by atoms with Crippen LogP contribution in [0.25, 0.3) is 11.3 Å². The van der Waals surface area contributed by atoms with Gasteiger partial charge in [-0.05, 0) is 49.6 Å². The molecule has 4 heterocycles. The van der Waals surface area contributed by atoms with E-state index in [1.54, 1.807) is 36.4 Å². The number of phenols is 1. The number of aromatic nitrogens is 2. The number of hydrogen-bond acceptors (Lipinski definition) is 14. The summed E-state index contributed by atoms with van der Waals surface area (Å²) < 4.78 is 22.0. The number of phenolic OH excluding ortho intramolecular Hbond substituents is 1. The van der Waals surface area contributed by atoms with E-state index in [2.05, 4.69) is 31.0 Å². The van der Waals surface area contributed by atoms with E-state index >= 15 is 0 Å². The predicted octanol–water partition coefficient (Wildman–Crippen LogP) is 1.23. The van der Waals surface area contributed by atoms with Crippen LogP contribution < -0.4 is 26.6 Å². The second-order valence-electron chi connectivity index (χ2n) is 13.7. The smallest absolute Gasteiger partial charge is 0.255 e. The molecule has 0 spiro atoms. The molecule has 0 saturated carbocycles. The zero-order valence-electron chi connectivity index (χ0n) is 31.6. The summed E-state index contributed by atoms with van der Waals surface area (Å²) >= 11 is 0. The number of nitrogen functional groups attached to an aromatic ring is 1. The zero-order chi connectivity index (χ0) is 40.1. The van der Waals surface area contributed by atoms with Gasteiger partial charge in [-0.15, -0.1) is 10.2 Å². The molecule has 0 radical (unpaired) electrons. The fourth-order valence-electron chi connectivity index (χ4n) is 6.95. The lowest BCUT2D eigenvalue weighted by molar-refractivity contribution is -0.137. The minimum Gasteiger partial charge on any atom is -0.507 e. The van der Waals surface area contributed by atoms with Gasteiger partial charge in [0.05, 0.1) is 57.6 Å². The summed E-state index contributed by atoms with van der Waals surface area (Å²) in [5, 5.41) is 26.5. The number of aromatic hydroxyl groups is 1. The van der Waals surface area contributed by atoms with Crippen molar-refractivity contribution in [2.24, 2.45) is 5.92 Å². The van der Waals surface area contributed by atoms with E-state index in [9.17, 15) is 29.1 Å². The number of benzene rings is 2. The van der Waals surface area contributed by atoms with Crippen molar-refractivity contribution in [2.75, 3.05) is 88.4 Å². The Morgan fingerprint density at radius 1 is 0.860 bits per heavy atom. The molecule has 1 unspecified atom stereocenters. The topological polar surface area (TPSA) is 237 Å². The summed E-state index contributed by atoms with van der Waals surface area (Å²) in [4.78, 5) is 65.7. The fraction of sp³-hybridized carbons (Fsp3) is 0.462. The van der Waals surface area contributed by atoms with Crippen molar-refractivity contribution < 1.29 is 48.0 Å². The van der Waals surface area contributed by atoms with Crippen molar-refractivity contribution in [3.63, 3.8) is 0 Å². The number of rotatable bonds is 19. The van der Waals surface area contributed by atoms with Crippen LogP contribution in [-0.2, 0) is 44.7 Å². The Balaban J connectivity index is 0.758. The lowest BCUT2D eigenvalue weighted by Gasteiger charge is -2.33. The van der Waals surface area contributed by atoms with E-state index < -0.39 is 17.9 Å². The van der Waals surface area contributed by atoms with Gasteiger partial charge in [0.2, 0.25) is 23.6 Å². The van der Waals surface area contributed by atoms with Crippen molar-refractivity contribution >= 4 is 46.7 Å². The molecular formula is C39H48N8O10. The minimum atomic E-state index is -0.741. The van der Waals surface area contributed by atoms with E-state index in [-0.39, 0.29) is 68.6 Å². The number of nitrogens with two attached hydrogens (primary N) is 1. The first-order valence-electron chi connectivity index (χ1n) is 19.0. The van der Waals surface area contributed by atoms with E-state index in [0.717, 1.165) is 5.69 Å². The van der Waals surface area contributed by atoms with Gasteiger partial charge in [0.15, 0.2) is 5.82 Å². The summed E-state index contributed by atoms with van der Waals surface area (Å²) in [6.07, 6.45) is 1.73. The molecule has 6 rings (SSSR count). The van der Waals surface area contributed by atoms with Crippen LogP contribution in [-0.4, -0.2) is 128 Å². The molecule has 0 aliphatic carbocycles. The summed E-state index contributed by atoms with van der Waals surface area (Å²) in [7, 11) is 0. The average molecular weight is 789 g/mol. The Kier molecular flexibility index (Phi) is 14.3. The second kappa shape index (κ2) is 19.9. The number of nitrogens with zero attached hydrogens (tertiary/aromatic N) is 4. The van der Waals surface area contributed by atoms with Gasteiger partial charge in [-0.1, -0.05) is 18.2 Å². The summed E-state index contributed by atoms with van der Waals surface area (Å²) in [6.45, 7) is 3.81. The number of nitrogens with one attached hydrogen (secondary N) is 3. The average Bonchev–Trinajstić information content (AvgIpc) is 3.54. The van der Waals surface area contributed by atoms with E-state index in [1.807, 2.05) is 12.1 Å². The number of amides is 5. The third-order valence-electron chi connectivity index (χ3n) is 9.94. The standard InChI is InChI=1S/C39H48N8O10/c40-36-32(22-30(44-45-36)27-4-1-2-7-33(27)48)46-13-10-25(11-14-46)37(51)41-12-15-54-16-17-55-18-19-56-20-21-57-24-35(50)42-29-6-3-5-26-28(29)23-47(39(26)53)31-8-9-34(49)43-38(31)52/h1-7,22,25,31,48H,8-21,23-24H2,(H2,40,45)(H,41,51)(H,42,50)(H,43,49,52). The van der Waals surface area contributed by atoms with Crippen LogP contribution in [0.4, 0.5) is 17.2 Å². The van der Waals surface area contributed by atoms with Crippen LogP contribution in [0.15, 0.2) is 48.5 Å². The normalized spacial score (nSPS) is 17.1. The molecule has 2 aromatic carbocycles. The van der Waals surface area contributed by atoms with Gasteiger partial charge in [-0.3, -0.25) is 29.3 Å². The molecule has 57 heavy (non-hydrogen) atoms. The van der Waals surface area contributed by atoms with Gasteiger partial charge in [-0.2, -0.15) is 0 Å². The highest BCUT2D eigenvalue weighted by atomic mass is 16.6. The van der Waals surface area contributed by atoms with Gasteiger partial charge in [0.1, 0.15) is 18.4 Å². The molecule has 304 valence electrons. The largest absolute Gasteiger partial charge is 0.507 e. The van der Waals surface area contributed by atoms with E-state index in [0.29, 0.717) is 99.4 Å². The molecule has 3 aromatic rings. The van der Waals surface area contributed by atoms with Crippen molar-refractivity contribution in [3.8, 4) is 17.0 Å². The summed E-state index contributed by atoms with van der Waals surface area (Å²) in [5.74, 6) is -1.28. The monoisotopic (exact) mass is 788 g/mol. The lowest BCUT2D eigenvalue weighted by atomic mass is 9.95. The number of anilines is 3. The fourth-order valence-corrected chi connectivity index (χ4v) is 6.95. The molecule has 5 amide bonds. The van der Waals surface area contributed by atoms with Crippen molar-refractivity contribution in [1.29, 1.82) is 0 Å². The maximum Gasteiger partial charge on any atom is 0.255 e. The van der Waals surface area contributed by atoms with Gasteiger partial charge in [-0.25, -0.2) is 0 Å². The number of imide groups is 1. The predicted molar refractivity (Wildman–Crippen MR) is 206 cm³/mol. The quantitative estimate of drug-likeness (QED) is 0.0849. The highest BCUT2D eigenvalue weighted by Gasteiger charge is 2.40. The number of fused-ring (bicyclic) bond motifs is 1. The molecule has 1 atom stereocenters. The molecule has 3 aliphatic heterocycles. The third kappa shape index (κ3) is 10.8. The van der Waals surface area contributed by atoms with Crippen LogP contribution >= 0.6 is 0 Å². The number of para-hydroxylation sites is 1. The zero-order valence-corrected chi connectivity index (χ0v) is 31.6. The van der Waals surface area contributed by atoms with Gasteiger partial charge < -0.3 is 50.2 Å². The van der Waals surface area contributed by atoms with Crippen LogP contribution in [0, 0.1) is 5.92 Å². The summed E-state index contributed by atoms with van der Waals surface area (Å²) in [5.41, 5.74) is 9.44. The van der Waals surface area contributed by atoms with E-state index in [4.69, 9.17) is 24.7 Å². The van der Waals surface area contributed by atoms with Crippen LogP contribution in [0.5, 0.6) is 5.75 Å². The molecular weight excluding hydrogens is 740 g/mol. The first-order chi connectivity index (χ1) is 27.7. The first kappa shape index (κ1) is 41.0. The lowest BCUT2D eigenvalue weighted by Crippen LogP contribution is -2.52. The van der Waals surface area contributed by atoms with Gasteiger partial charge >= 0.3 is 0 Å². The number of carbonyl (C=O) groups is 5. The number of piperidine rings is 2. The highest BCUT2D eigenvalue weighted by molar-refractivity contribution is 6.06. The summed E-state index contributed by atoms with van der Waals surface area (Å²) in [6, 6.07) is 13.0. The molecule has 18 heteroatoms. The molecule has 6 N–H and O–H groups in total. The minimum absolute atomic E-state index is 0.0101. The number of carbonyl (C=O) groups excluding carboxylic acids is 5. The molecule has 3 aliphatic rings. The van der Waals surface area contributed by atoms with Crippen molar-refractivity contribution in [3.05, 3.63) is 59.7 Å². The van der Waals surface area contributed by atoms with Crippen LogP contribution in [0.3, 0.4) is 0 Å². The SMILES string of the molecule is Nc1nnc(-c2ccccc2O)cc1N1CCC(C(=O)NCCOCCOCCOCCOCC(=O)Nc2cccc3c2CN(C2CCC(=O)NC2=O)C3=O)CC1. The van der Waals surface area contributed by atoms with Crippen LogP contribution in [0.1, 0.15) is 41.6 Å². The second-order valence-corrected chi connectivity index (χ2v) is 13.7. The third-order valence-corrected chi connectivity index (χ3v) is 9.94. The molecule has 1 aromatic heterocycles. The molecule has 18 nitrogen and oxygen atoms in total. The Hall–Kier alpha value is -5.69. The van der Waals surface area contributed by atoms with E-state index in [1.165, 1.54) is 4.90 Å².